The van der Waals surface area contributed by atoms with Crippen LogP contribution in [0.5, 0.6) is 0 Å². The number of carbonyl (C=O) groups excluding carboxylic acids is 1. The van der Waals surface area contributed by atoms with Gasteiger partial charge in [0.15, 0.2) is 0 Å². The van der Waals surface area contributed by atoms with E-state index >= 15 is 0 Å². The molecule has 1 amide bonds. The van der Waals surface area contributed by atoms with E-state index in [-0.39, 0.29) is 5.91 Å². The summed E-state index contributed by atoms with van der Waals surface area (Å²) in [6, 6.07) is 9.09. The Hall–Kier alpha value is -2.77. The highest BCUT2D eigenvalue weighted by molar-refractivity contribution is 5.94. The number of rotatable bonds is 8. The molecule has 1 aliphatic carbocycles. The van der Waals surface area contributed by atoms with E-state index in [1.165, 1.54) is 62.9 Å². The molecule has 0 radical (unpaired) electrons. The fraction of sp³-hybridized carbons (Fsp3) is 0.567. The van der Waals surface area contributed by atoms with Gasteiger partial charge in [-0.25, -0.2) is 4.98 Å². The van der Waals surface area contributed by atoms with Gasteiger partial charge < -0.3 is 14.8 Å². The van der Waals surface area contributed by atoms with Crippen LogP contribution in [0, 0.1) is 5.41 Å². The zero-order valence-corrected chi connectivity index (χ0v) is 21.9. The Morgan fingerprint density at radius 1 is 1.03 bits per heavy atom. The number of allylic oxidation sites excluding steroid dienone is 1. The Bertz CT molecular complexity index is 1110. The second-order valence-electron chi connectivity index (χ2n) is 11.6. The molecule has 0 atom stereocenters. The highest BCUT2D eigenvalue weighted by atomic mass is 16.2. The van der Waals surface area contributed by atoms with Crippen molar-refractivity contribution in [2.75, 3.05) is 32.7 Å². The number of imidazole rings is 1. The van der Waals surface area contributed by atoms with Crippen LogP contribution in [0.25, 0.3) is 0 Å². The number of carbonyl (C=O) groups is 1. The molecule has 1 aromatic carbocycles. The minimum atomic E-state index is 0.195. The summed E-state index contributed by atoms with van der Waals surface area (Å²) in [5.41, 5.74) is 3.53. The number of H-pyrrole nitrogens is 1. The van der Waals surface area contributed by atoms with Gasteiger partial charge in [-0.2, -0.15) is 0 Å². The Kier molecular flexibility index (Phi) is 7.25. The van der Waals surface area contributed by atoms with Crippen molar-refractivity contribution in [1.82, 2.24) is 24.7 Å². The first-order chi connectivity index (χ1) is 18.2. The second kappa shape index (κ2) is 10.9. The lowest BCUT2D eigenvalue weighted by molar-refractivity contribution is 0.0651. The number of benzene rings is 1. The van der Waals surface area contributed by atoms with E-state index in [0.29, 0.717) is 5.41 Å². The van der Waals surface area contributed by atoms with Crippen LogP contribution in [0.1, 0.15) is 73.1 Å². The van der Waals surface area contributed by atoms with Gasteiger partial charge in [0, 0.05) is 68.5 Å². The fourth-order valence-electron chi connectivity index (χ4n) is 6.87. The van der Waals surface area contributed by atoms with Gasteiger partial charge >= 0.3 is 0 Å². The van der Waals surface area contributed by atoms with Crippen LogP contribution >= 0.6 is 0 Å². The molecule has 196 valence electrons. The highest BCUT2D eigenvalue weighted by Crippen LogP contribution is 2.42. The molecule has 7 heteroatoms. The van der Waals surface area contributed by atoms with Gasteiger partial charge in [-0.15, -0.1) is 0 Å². The first-order valence-electron chi connectivity index (χ1n) is 14.2. The average molecular weight is 501 g/mol. The van der Waals surface area contributed by atoms with Crippen LogP contribution in [-0.2, 0) is 13.1 Å². The standard InChI is InChI=1S/C30H40N6O/c37-29(36-19-13-30(23-36)11-17-35(18-12-30)27-5-1-2-6-27)25-9-7-24(8-10-25)20-34(21-26-4-3-14-31-26)22-28-32-15-16-33-28/h3,7-10,14-16,27H,1-2,4-6,11-13,17-23H2,(H,32,33). The number of amides is 1. The minimum absolute atomic E-state index is 0.195. The van der Waals surface area contributed by atoms with E-state index in [1.807, 2.05) is 24.5 Å². The summed E-state index contributed by atoms with van der Waals surface area (Å²) in [4.78, 5) is 32.7. The Morgan fingerprint density at radius 3 is 2.51 bits per heavy atom. The molecule has 6 rings (SSSR count). The number of aliphatic imine (C=N–C) groups is 1. The van der Waals surface area contributed by atoms with E-state index in [0.717, 1.165) is 63.0 Å². The first kappa shape index (κ1) is 24.6. The summed E-state index contributed by atoms with van der Waals surface area (Å²) in [6.07, 6.45) is 17.8. The van der Waals surface area contributed by atoms with Gasteiger partial charge in [-0.1, -0.05) is 31.1 Å². The molecule has 1 saturated carbocycles. The number of likely N-dealkylation sites (tertiary alicyclic amines) is 2. The van der Waals surface area contributed by atoms with E-state index < -0.39 is 0 Å². The van der Waals surface area contributed by atoms with E-state index in [2.05, 4.69) is 47.9 Å². The maximum absolute atomic E-state index is 13.4. The SMILES string of the molecule is O=C(c1ccc(CN(CC2=NC=CC2)Cc2ncc[nH]2)cc1)N1CCC2(CCN(C3CCCC3)CC2)C1. The molecule has 2 saturated heterocycles. The highest BCUT2D eigenvalue weighted by Gasteiger charge is 2.43. The molecule has 0 unspecified atom stereocenters. The number of hydrogen-bond donors (Lipinski definition) is 1. The van der Waals surface area contributed by atoms with Crippen LogP contribution in [-0.4, -0.2) is 75.1 Å². The maximum Gasteiger partial charge on any atom is 0.253 e. The predicted octanol–water partition coefficient (Wildman–Crippen LogP) is 4.64. The van der Waals surface area contributed by atoms with E-state index in [1.54, 1.807) is 6.20 Å². The number of piperidine rings is 1. The lowest BCUT2D eigenvalue weighted by Crippen LogP contribution is -2.45. The van der Waals surface area contributed by atoms with Crippen LogP contribution in [0.4, 0.5) is 0 Å². The monoisotopic (exact) mass is 500 g/mol. The normalized spacial score (nSPS) is 22.0. The number of hydrogen-bond acceptors (Lipinski definition) is 5. The molecule has 2 aromatic rings. The van der Waals surface area contributed by atoms with Crippen molar-refractivity contribution in [3.63, 3.8) is 0 Å². The quantitative estimate of drug-likeness (QED) is 0.573. The lowest BCUT2D eigenvalue weighted by Gasteiger charge is -2.41. The molecular weight excluding hydrogens is 460 g/mol. The average Bonchev–Trinajstić information content (AvgIpc) is 3.74. The maximum atomic E-state index is 13.4. The van der Waals surface area contributed by atoms with Gasteiger partial charge in [0.25, 0.3) is 5.91 Å². The molecule has 0 bridgehead atoms. The summed E-state index contributed by atoms with van der Waals surface area (Å²) >= 11 is 0. The van der Waals surface area contributed by atoms with Crippen LogP contribution < -0.4 is 0 Å². The van der Waals surface area contributed by atoms with E-state index in [4.69, 9.17) is 0 Å². The second-order valence-corrected chi connectivity index (χ2v) is 11.6. The number of aromatic nitrogens is 2. The van der Waals surface area contributed by atoms with Crippen molar-refractivity contribution >= 4 is 11.6 Å². The van der Waals surface area contributed by atoms with Crippen LogP contribution in [0.3, 0.4) is 0 Å². The third-order valence-corrected chi connectivity index (χ3v) is 9.08. The van der Waals surface area contributed by atoms with Crippen molar-refractivity contribution in [3.8, 4) is 0 Å². The van der Waals surface area contributed by atoms with Crippen molar-refractivity contribution in [2.45, 2.75) is 70.5 Å². The zero-order chi connectivity index (χ0) is 25.1. The number of aromatic amines is 1. The van der Waals surface area contributed by atoms with Gasteiger partial charge in [-0.3, -0.25) is 14.7 Å². The van der Waals surface area contributed by atoms with Crippen LogP contribution in [0.15, 0.2) is 53.9 Å². The van der Waals surface area contributed by atoms with Gasteiger partial charge in [-0.05, 0) is 68.3 Å². The Balaban J connectivity index is 1.04. The summed E-state index contributed by atoms with van der Waals surface area (Å²) < 4.78 is 0. The molecule has 4 heterocycles. The molecule has 37 heavy (non-hydrogen) atoms. The molecular formula is C30H40N6O. The van der Waals surface area contributed by atoms with Crippen molar-refractivity contribution in [2.24, 2.45) is 10.4 Å². The Morgan fingerprint density at radius 2 is 1.81 bits per heavy atom. The zero-order valence-electron chi connectivity index (χ0n) is 21.9. The minimum Gasteiger partial charge on any atom is -0.348 e. The fourth-order valence-corrected chi connectivity index (χ4v) is 6.87. The summed E-state index contributed by atoms with van der Waals surface area (Å²) in [7, 11) is 0. The van der Waals surface area contributed by atoms with Crippen molar-refractivity contribution in [1.29, 1.82) is 0 Å². The largest absolute Gasteiger partial charge is 0.348 e. The van der Waals surface area contributed by atoms with Gasteiger partial charge in [0.1, 0.15) is 5.82 Å². The molecule has 7 nitrogen and oxygen atoms in total. The summed E-state index contributed by atoms with van der Waals surface area (Å²) in [5.74, 6) is 1.15. The smallest absolute Gasteiger partial charge is 0.253 e. The molecule has 1 N–H and O–H groups in total. The number of nitrogens with one attached hydrogen (secondary N) is 1. The molecule has 3 aliphatic heterocycles. The van der Waals surface area contributed by atoms with E-state index in [9.17, 15) is 4.79 Å². The Labute approximate surface area is 220 Å². The third-order valence-electron chi connectivity index (χ3n) is 9.08. The summed E-state index contributed by atoms with van der Waals surface area (Å²) in [5, 5.41) is 0. The third kappa shape index (κ3) is 5.73. The summed E-state index contributed by atoms with van der Waals surface area (Å²) in [6.45, 7) is 6.61. The van der Waals surface area contributed by atoms with Gasteiger partial charge in [0.05, 0.1) is 6.54 Å². The number of nitrogens with zero attached hydrogens (tertiary/aromatic N) is 5. The predicted molar refractivity (Wildman–Crippen MR) is 146 cm³/mol. The first-order valence-corrected chi connectivity index (χ1v) is 14.2. The van der Waals surface area contributed by atoms with Crippen LogP contribution in [0.2, 0.25) is 0 Å². The topological polar surface area (TPSA) is 67.8 Å². The van der Waals surface area contributed by atoms with Gasteiger partial charge in [0.2, 0.25) is 0 Å². The lowest BCUT2D eigenvalue weighted by atomic mass is 9.77. The van der Waals surface area contributed by atoms with Crippen molar-refractivity contribution < 1.29 is 4.79 Å². The van der Waals surface area contributed by atoms with Crippen molar-refractivity contribution in [3.05, 3.63) is 65.9 Å². The molecule has 4 aliphatic rings. The molecule has 1 aromatic heterocycles. The molecule has 3 fully saturated rings. The molecule has 1 spiro atoms.